The van der Waals surface area contributed by atoms with E-state index in [2.05, 4.69) is 10.1 Å². The number of carbonyl (C=O) groups excluding carboxylic acids is 1. The standard InChI is InChI=1S/C22H25N5O/c1-16(23)18-11-8-14-26(15-18)22(28)20-24-21(17-9-4-2-5-10-17)27(25-20)19-12-6-3-7-13-19/h2-7,9-10,12-13,16,18H,8,11,14-15,23H2,1H3. The zero-order valence-electron chi connectivity index (χ0n) is 16.0. The molecule has 0 bridgehead atoms. The first-order valence-electron chi connectivity index (χ1n) is 9.76. The van der Waals surface area contributed by atoms with Gasteiger partial charge in [0.25, 0.3) is 5.91 Å². The Morgan fingerprint density at radius 1 is 1.11 bits per heavy atom. The van der Waals surface area contributed by atoms with Crippen LogP contribution in [0.4, 0.5) is 0 Å². The molecule has 2 atom stereocenters. The van der Waals surface area contributed by atoms with Gasteiger partial charge in [0.2, 0.25) is 5.82 Å². The number of hydrogen-bond acceptors (Lipinski definition) is 4. The third-order valence-electron chi connectivity index (χ3n) is 5.32. The van der Waals surface area contributed by atoms with Gasteiger partial charge in [-0.25, -0.2) is 9.67 Å². The fraction of sp³-hybridized carbons (Fsp3) is 0.318. The second kappa shape index (κ2) is 7.94. The number of hydrogen-bond donors (Lipinski definition) is 1. The molecule has 2 aromatic carbocycles. The van der Waals surface area contributed by atoms with E-state index in [-0.39, 0.29) is 17.8 Å². The number of piperidine rings is 1. The highest BCUT2D eigenvalue weighted by Crippen LogP contribution is 2.23. The molecule has 2 N–H and O–H groups in total. The molecule has 3 aromatic rings. The lowest BCUT2D eigenvalue weighted by Crippen LogP contribution is -2.45. The van der Waals surface area contributed by atoms with Gasteiger partial charge in [0.15, 0.2) is 5.82 Å². The fourth-order valence-corrected chi connectivity index (χ4v) is 3.69. The first-order valence-corrected chi connectivity index (χ1v) is 9.76. The van der Waals surface area contributed by atoms with Crippen LogP contribution in [-0.4, -0.2) is 44.7 Å². The van der Waals surface area contributed by atoms with E-state index in [0.29, 0.717) is 18.3 Å². The highest BCUT2D eigenvalue weighted by Gasteiger charge is 2.29. The highest BCUT2D eigenvalue weighted by atomic mass is 16.2. The van der Waals surface area contributed by atoms with Crippen molar-refractivity contribution in [2.45, 2.75) is 25.8 Å². The van der Waals surface area contributed by atoms with Gasteiger partial charge in [0.05, 0.1) is 5.69 Å². The monoisotopic (exact) mass is 375 g/mol. The predicted octanol–water partition coefficient (Wildman–Crippen LogP) is 3.13. The Bertz CT molecular complexity index is 879. The molecule has 1 aliphatic rings. The second-order valence-corrected chi connectivity index (χ2v) is 7.38. The molecule has 144 valence electrons. The maximum absolute atomic E-state index is 13.1. The van der Waals surface area contributed by atoms with Crippen LogP contribution >= 0.6 is 0 Å². The van der Waals surface area contributed by atoms with E-state index in [0.717, 1.165) is 30.6 Å². The smallest absolute Gasteiger partial charge is 0.293 e. The van der Waals surface area contributed by atoms with E-state index in [1.165, 1.54) is 0 Å². The Morgan fingerprint density at radius 2 is 1.79 bits per heavy atom. The summed E-state index contributed by atoms with van der Waals surface area (Å²) in [5, 5.41) is 4.58. The first-order chi connectivity index (χ1) is 13.6. The van der Waals surface area contributed by atoms with Gasteiger partial charge in [-0.3, -0.25) is 4.79 Å². The normalized spacial score (nSPS) is 18.1. The van der Waals surface area contributed by atoms with Crippen LogP contribution in [0.5, 0.6) is 0 Å². The molecule has 6 heteroatoms. The van der Waals surface area contributed by atoms with Crippen LogP contribution in [0.2, 0.25) is 0 Å². The third-order valence-corrected chi connectivity index (χ3v) is 5.32. The van der Waals surface area contributed by atoms with Crippen LogP contribution in [0.1, 0.15) is 30.4 Å². The summed E-state index contributed by atoms with van der Waals surface area (Å²) in [6, 6.07) is 19.7. The number of benzene rings is 2. The summed E-state index contributed by atoms with van der Waals surface area (Å²) in [6.45, 7) is 3.40. The summed E-state index contributed by atoms with van der Waals surface area (Å²) >= 11 is 0. The van der Waals surface area contributed by atoms with Crippen molar-refractivity contribution in [2.24, 2.45) is 11.7 Å². The van der Waals surface area contributed by atoms with Crippen molar-refractivity contribution in [3.8, 4) is 17.1 Å². The van der Waals surface area contributed by atoms with Crippen LogP contribution < -0.4 is 5.73 Å². The minimum Gasteiger partial charge on any atom is -0.336 e. The van der Waals surface area contributed by atoms with Gasteiger partial charge in [-0.05, 0) is 37.8 Å². The quantitative estimate of drug-likeness (QED) is 0.760. The summed E-state index contributed by atoms with van der Waals surface area (Å²) in [7, 11) is 0. The average molecular weight is 375 g/mol. The Balaban J connectivity index is 1.70. The van der Waals surface area contributed by atoms with Gasteiger partial charge in [-0.1, -0.05) is 48.5 Å². The molecule has 6 nitrogen and oxygen atoms in total. The Morgan fingerprint density at radius 3 is 2.46 bits per heavy atom. The van der Waals surface area contributed by atoms with Gasteiger partial charge >= 0.3 is 0 Å². The van der Waals surface area contributed by atoms with Gasteiger partial charge in [0.1, 0.15) is 0 Å². The predicted molar refractivity (Wildman–Crippen MR) is 109 cm³/mol. The van der Waals surface area contributed by atoms with E-state index in [9.17, 15) is 4.79 Å². The number of aromatic nitrogens is 3. The molecule has 1 saturated heterocycles. The van der Waals surface area contributed by atoms with Crippen LogP contribution in [0.25, 0.3) is 17.1 Å². The molecule has 0 radical (unpaired) electrons. The lowest BCUT2D eigenvalue weighted by atomic mass is 9.92. The number of nitrogens with zero attached hydrogens (tertiary/aromatic N) is 4. The SMILES string of the molecule is CC(N)C1CCCN(C(=O)c2nc(-c3ccccc3)n(-c3ccccc3)n2)C1. The molecule has 28 heavy (non-hydrogen) atoms. The van der Waals surface area contributed by atoms with Crippen LogP contribution in [0.15, 0.2) is 60.7 Å². The van der Waals surface area contributed by atoms with E-state index in [4.69, 9.17) is 5.73 Å². The lowest BCUT2D eigenvalue weighted by molar-refractivity contribution is 0.0648. The summed E-state index contributed by atoms with van der Waals surface area (Å²) in [5.74, 6) is 1.09. The average Bonchev–Trinajstić information content (AvgIpc) is 3.20. The topological polar surface area (TPSA) is 77.0 Å². The maximum atomic E-state index is 13.1. The Hall–Kier alpha value is -2.99. The summed E-state index contributed by atoms with van der Waals surface area (Å²) in [6.07, 6.45) is 2.02. The minimum atomic E-state index is -0.128. The van der Waals surface area contributed by atoms with Crippen molar-refractivity contribution in [2.75, 3.05) is 13.1 Å². The van der Waals surface area contributed by atoms with Crippen molar-refractivity contribution in [3.05, 3.63) is 66.5 Å². The third kappa shape index (κ3) is 3.68. The molecule has 1 amide bonds. The molecular weight excluding hydrogens is 350 g/mol. The van der Waals surface area contributed by atoms with Crippen molar-refractivity contribution >= 4 is 5.91 Å². The molecule has 1 aliphatic heterocycles. The summed E-state index contributed by atoms with van der Waals surface area (Å²) in [4.78, 5) is 19.6. The van der Waals surface area contributed by atoms with Crippen molar-refractivity contribution in [1.82, 2.24) is 19.7 Å². The zero-order chi connectivity index (χ0) is 19.5. The number of nitrogens with two attached hydrogens (primary N) is 1. The van der Waals surface area contributed by atoms with Gasteiger partial charge < -0.3 is 10.6 Å². The van der Waals surface area contributed by atoms with Gasteiger partial charge in [-0.15, -0.1) is 5.10 Å². The van der Waals surface area contributed by atoms with Crippen LogP contribution in [0.3, 0.4) is 0 Å². The van der Waals surface area contributed by atoms with Gasteiger partial charge in [-0.2, -0.15) is 0 Å². The fourth-order valence-electron chi connectivity index (χ4n) is 3.69. The summed E-state index contributed by atoms with van der Waals surface area (Å²) < 4.78 is 1.75. The molecule has 1 aromatic heterocycles. The zero-order valence-corrected chi connectivity index (χ0v) is 16.0. The summed E-state index contributed by atoms with van der Waals surface area (Å²) in [5.41, 5.74) is 7.87. The van der Waals surface area contributed by atoms with E-state index < -0.39 is 0 Å². The lowest BCUT2D eigenvalue weighted by Gasteiger charge is -2.33. The molecule has 0 spiro atoms. The Kier molecular flexibility index (Phi) is 5.21. The van der Waals surface area contributed by atoms with Crippen LogP contribution in [-0.2, 0) is 0 Å². The van der Waals surface area contributed by atoms with Crippen molar-refractivity contribution in [3.63, 3.8) is 0 Å². The Labute approximate surface area is 165 Å². The largest absolute Gasteiger partial charge is 0.336 e. The van der Waals surface area contributed by atoms with E-state index in [1.54, 1.807) is 4.68 Å². The maximum Gasteiger partial charge on any atom is 0.293 e. The number of likely N-dealkylation sites (tertiary alicyclic amines) is 1. The number of carbonyl (C=O) groups is 1. The van der Waals surface area contributed by atoms with Crippen molar-refractivity contribution in [1.29, 1.82) is 0 Å². The van der Waals surface area contributed by atoms with E-state index >= 15 is 0 Å². The molecule has 4 rings (SSSR count). The molecular formula is C22H25N5O. The van der Waals surface area contributed by atoms with Gasteiger partial charge in [0, 0.05) is 24.7 Å². The number of amides is 1. The molecule has 2 unspecified atom stereocenters. The van der Waals surface area contributed by atoms with Crippen molar-refractivity contribution < 1.29 is 4.79 Å². The highest BCUT2D eigenvalue weighted by molar-refractivity contribution is 5.91. The first kappa shape index (κ1) is 18.4. The molecule has 0 aliphatic carbocycles. The minimum absolute atomic E-state index is 0.0744. The molecule has 0 saturated carbocycles. The number of rotatable bonds is 4. The van der Waals surface area contributed by atoms with E-state index in [1.807, 2.05) is 72.5 Å². The molecule has 2 heterocycles. The molecule has 1 fully saturated rings. The second-order valence-electron chi connectivity index (χ2n) is 7.38. The van der Waals surface area contributed by atoms with Crippen LogP contribution in [0, 0.1) is 5.92 Å². The number of para-hydroxylation sites is 1.